The summed E-state index contributed by atoms with van der Waals surface area (Å²) in [5.74, 6) is 5.88. The fraction of sp³-hybridized carbons (Fsp3) is 0.160. The maximum Gasteiger partial charge on any atom is 0.236 e. The van der Waals surface area contributed by atoms with E-state index in [0.717, 1.165) is 11.1 Å². The normalized spacial score (nSPS) is 11.8. The van der Waals surface area contributed by atoms with Crippen LogP contribution >= 0.6 is 11.8 Å². The van der Waals surface area contributed by atoms with Gasteiger partial charge >= 0.3 is 0 Å². The number of thioether (sulfide) groups is 1. The van der Waals surface area contributed by atoms with E-state index in [1.54, 1.807) is 18.2 Å². The molecule has 0 saturated heterocycles. The first-order valence-corrected chi connectivity index (χ1v) is 11.4. The Balaban J connectivity index is 1.53. The minimum Gasteiger partial charge on any atom is -0.335 e. The molecule has 33 heavy (non-hydrogen) atoms. The summed E-state index contributed by atoms with van der Waals surface area (Å²) in [5, 5.41) is 8.00. The second-order valence-electron chi connectivity index (χ2n) is 7.58. The summed E-state index contributed by atoms with van der Waals surface area (Å²) in [6.45, 7) is 2.78. The molecule has 0 aliphatic heterocycles. The van der Waals surface area contributed by atoms with Gasteiger partial charge in [0.25, 0.3) is 0 Å². The largest absolute Gasteiger partial charge is 0.335 e. The van der Waals surface area contributed by atoms with Crippen LogP contribution in [0.5, 0.6) is 0 Å². The Morgan fingerprint density at radius 3 is 2.06 bits per heavy atom. The molecule has 8 heteroatoms. The Morgan fingerprint density at radius 2 is 1.48 bits per heavy atom. The van der Waals surface area contributed by atoms with E-state index in [1.807, 2.05) is 72.5 Å². The van der Waals surface area contributed by atoms with Gasteiger partial charge < -0.3 is 10.7 Å². The van der Waals surface area contributed by atoms with Gasteiger partial charge in [-0.15, -0.1) is 10.2 Å². The highest BCUT2D eigenvalue weighted by Crippen LogP contribution is 2.27. The van der Waals surface area contributed by atoms with Crippen molar-refractivity contribution in [3.63, 3.8) is 0 Å². The average molecular weight is 462 g/mol. The van der Waals surface area contributed by atoms with E-state index < -0.39 is 11.1 Å². The van der Waals surface area contributed by atoms with Gasteiger partial charge in [0, 0.05) is 13.1 Å². The zero-order valence-corrected chi connectivity index (χ0v) is 19.0. The molecule has 1 aromatic heterocycles. The molecule has 4 rings (SSSR count). The van der Waals surface area contributed by atoms with E-state index in [-0.39, 0.29) is 17.3 Å². The van der Waals surface area contributed by atoms with Crippen LogP contribution in [0, 0.1) is 5.82 Å². The van der Waals surface area contributed by atoms with Crippen LogP contribution < -0.4 is 5.84 Å². The molecule has 2 N–H and O–H groups in total. The number of nitrogens with zero attached hydrogens (tertiary/aromatic N) is 4. The maximum absolute atomic E-state index is 14.2. The molecule has 0 radical (unpaired) electrons. The van der Waals surface area contributed by atoms with E-state index in [1.165, 1.54) is 22.5 Å². The summed E-state index contributed by atoms with van der Waals surface area (Å²) in [5.41, 5.74) is 2.35. The van der Waals surface area contributed by atoms with Crippen molar-refractivity contribution < 1.29 is 9.18 Å². The van der Waals surface area contributed by atoms with Crippen molar-refractivity contribution >= 4 is 17.7 Å². The van der Waals surface area contributed by atoms with E-state index in [2.05, 4.69) is 10.2 Å². The zero-order valence-electron chi connectivity index (χ0n) is 18.1. The number of halogens is 1. The predicted octanol–water partition coefficient (Wildman–Crippen LogP) is 4.51. The summed E-state index contributed by atoms with van der Waals surface area (Å²) < 4.78 is 15.4. The van der Waals surface area contributed by atoms with Crippen molar-refractivity contribution in [2.24, 2.45) is 0 Å². The Bertz CT molecular complexity index is 1170. The molecule has 0 aliphatic carbocycles. The topological polar surface area (TPSA) is 77.0 Å². The van der Waals surface area contributed by atoms with Gasteiger partial charge in [-0.05, 0) is 30.2 Å². The van der Waals surface area contributed by atoms with Crippen molar-refractivity contribution in [2.45, 2.75) is 30.4 Å². The van der Waals surface area contributed by atoms with Crippen LogP contribution in [-0.2, 0) is 17.9 Å². The van der Waals surface area contributed by atoms with Gasteiger partial charge in [-0.2, -0.15) is 0 Å². The highest BCUT2D eigenvalue weighted by atomic mass is 32.2. The summed E-state index contributed by atoms with van der Waals surface area (Å²) in [4.78, 5) is 15.3. The van der Waals surface area contributed by atoms with Gasteiger partial charge in [-0.3, -0.25) is 4.79 Å². The number of benzene rings is 3. The number of carbonyl (C=O) groups is 1. The van der Waals surface area contributed by atoms with Crippen molar-refractivity contribution in [1.82, 2.24) is 19.8 Å². The van der Waals surface area contributed by atoms with Crippen LogP contribution in [0.3, 0.4) is 0 Å². The van der Waals surface area contributed by atoms with Crippen molar-refractivity contribution in [1.29, 1.82) is 0 Å². The third-order valence-corrected chi connectivity index (χ3v) is 6.20. The van der Waals surface area contributed by atoms with Crippen LogP contribution in [0.4, 0.5) is 4.39 Å². The highest BCUT2D eigenvalue weighted by molar-refractivity contribution is 8.00. The molecule has 0 spiro atoms. The molecule has 0 saturated carbocycles. The SMILES string of the molecule is CC(Sc1nnc(-c2ccccc2F)n1N)C(=O)N(Cc1ccccc1)Cc1ccccc1. The lowest BCUT2D eigenvalue weighted by atomic mass is 10.1. The fourth-order valence-corrected chi connectivity index (χ4v) is 4.32. The quantitative estimate of drug-likeness (QED) is 0.309. The van der Waals surface area contributed by atoms with Crippen LogP contribution in [-0.4, -0.2) is 30.9 Å². The first-order chi connectivity index (χ1) is 16.0. The monoisotopic (exact) mass is 461 g/mol. The number of hydrogen-bond donors (Lipinski definition) is 1. The van der Waals surface area contributed by atoms with E-state index in [4.69, 9.17) is 5.84 Å². The van der Waals surface area contributed by atoms with Crippen molar-refractivity contribution in [3.05, 3.63) is 102 Å². The second-order valence-corrected chi connectivity index (χ2v) is 8.89. The molecular formula is C25H24FN5OS. The smallest absolute Gasteiger partial charge is 0.236 e. The third kappa shape index (κ3) is 5.40. The molecule has 4 aromatic rings. The Hall–Kier alpha value is -3.65. The van der Waals surface area contributed by atoms with E-state index in [0.29, 0.717) is 18.2 Å². The van der Waals surface area contributed by atoms with E-state index in [9.17, 15) is 9.18 Å². The first-order valence-electron chi connectivity index (χ1n) is 10.5. The molecule has 1 unspecified atom stereocenters. The lowest BCUT2D eigenvalue weighted by Crippen LogP contribution is -2.36. The molecule has 1 amide bonds. The Morgan fingerprint density at radius 1 is 0.939 bits per heavy atom. The number of rotatable bonds is 8. The molecule has 0 bridgehead atoms. The van der Waals surface area contributed by atoms with Crippen LogP contribution in [0.25, 0.3) is 11.4 Å². The number of nitrogens with two attached hydrogens (primary N) is 1. The standard InChI is InChI=1S/C25H24FN5OS/c1-18(33-25-29-28-23(31(25)27)21-14-8-9-15-22(21)26)24(32)30(16-19-10-4-2-5-11-19)17-20-12-6-3-7-13-20/h2-15,18H,16-17,27H2,1H3. The molecular weight excluding hydrogens is 437 g/mol. The molecule has 0 fully saturated rings. The molecule has 3 aromatic carbocycles. The van der Waals surface area contributed by atoms with Crippen molar-refractivity contribution in [3.8, 4) is 11.4 Å². The number of aromatic nitrogens is 3. The molecule has 1 heterocycles. The Labute approximate surface area is 196 Å². The predicted molar refractivity (Wildman–Crippen MR) is 128 cm³/mol. The fourth-order valence-electron chi connectivity index (χ4n) is 3.47. The van der Waals surface area contributed by atoms with Crippen LogP contribution in [0.2, 0.25) is 0 Å². The lowest BCUT2D eigenvalue weighted by molar-refractivity contribution is -0.131. The van der Waals surface area contributed by atoms with Gasteiger partial charge in [-0.25, -0.2) is 9.07 Å². The summed E-state index contributed by atoms with van der Waals surface area (Å²) in [6.07, 6.45) is 0. The average Bonchev–Trinajstić information content (AvgIpc) is 3.19. The first kappa shape index (κ1) is 22.5. The highest BCUT2D eigenvalue weighted by Gasteiger charge is 2.25. The lowest BCUT2D eigenvalue weighted by Gasteiger charge is -2.26. The van der Waals surface area contributed by atoms with Crippen LogP contribution in [0.1, 0.15) is 18.1 Å². The van der Waals surface area contributed by atoms with Gasteiger partial charge in [0.2, 0.25) is 11.1 Å². The molecule has 0 aliphatic rings. The third-order valence-electron chi connectivity index (χ3n) is 5.15. The van der Waals surface area contributed by atoms with Crippen LogP contribution in [0.15, 0.2) is 90.1 Å². The van der Waals surface area contributed by atoms with E-state index >= 15 is 0 Å². The zero-order chi connectivity index (χ0) is 23.2. The number of nitrogen functional groups attached to an aromatic ring is 1. The number of carbonyl (C=O) groups excluding carboxylic acids is 1. The minimum absolute atomic E-state index is 0.0526. The van der Waals surface area contributed by atoms with Gasteiger partial charge in [-0.1, -0.05) is 84.6 Å². The summed E-state index contributed by atoms with van der Waals surface area (Å²) in [7, 11) is 0. The number of hydrogen-bond acceptors (Lipinski definition) is 5. The van der Waals surface area contributed by atoms with Gasteiger partial charge in [0.15, 0.2) is 5.82 Å². The van der Waals surface area contributed by atoms with Gasteiger partial charge in [0.05, 0.1) is 10.8 Å². The molecule has 6 nitrogen and oxygen atoms in total. The molecule has 168 valence electrons. The summed E-state index contributed by atoms with van der Waals surface area (Å²) >= 11 is 1.20. The van der Waals surface area contributed by atoms with Crippen molar-refractivity contribution in [2.75, 3.05) is 5.84 Å². The molecule has 1 atom stereocenters. The summed E-state index contributed by atoms with van der Waals surface area (Å²) in [6, 6.07) is 26.0. The van der Waals surface area contributed by atoms with Gasteiger partial charge in [0.1, 0.15) is 5.82 Å². The maximum atomic E-state index is 14.2. The second kappa shape index (κ2) is 10.3. The minimum atomic E-state index is -0.475. The number of amides is 1. The Kier molecular flexibility index (Phi) is 7.04.